The molecule has 2 aromatic heterocycles. The molecule has 9 nitrogen and oxygen atoms in total. The minimum absolute atomic E-state index is 0.0131. The summed E-state index contributed by atoms with van der Waals surface area (Å²) in [5.41, 5.74) is 8.60. The Balaban J connectivity index is 1.41. The fraction of sp³-hybridized carbons (Fsp3) is 0.375. The predicted octanol–water partition coefficient (Wildman–Crippen LogP) is 3.63. The normalized spacial score (nSPS) is 17.7. The van der Waals surface area contributed by atoms with E-state index in [9.17, 15) is 4.79 Å². The van der Waals surface area contributed by atoms with Crippen molar-refractivity contribution >= 4 is 34.1 Å². The Kier molecular flexibility index (Phi) is 5.82. The number of carbonyl (C=O) groups excluding carboxylic acids is 1. The fourth-order valence-electron chi connectivity index (χ4n) is 4.55. The smallest absolute Gasteiger partial charge is 0.412 e. The molecule has 4 N–H and O–H groups in total. The number of hydrogen-bond donors (Lipinski definition) is 3. The Hall–Kier alpha value is -3.66. The Morgan fingerprint density at radius 3 is 3.00 bits per heavy atom. The van der Waals surface area contributed by atoms with Gasteiger partial charge >= 0.3 is 6.09 Å². The molecule has 1 fully saturated rings. The van der Waals surface area contributed by atoms with Gasteiger partial charge in [-0.2, -0.15) is 0 Å². The molecule has 3 aromatic rings. The van der Waals surface area contributed by atoms with Gasteiger partial charge in [0.2, 0.25) is 5.88 Å². The van der Waals surface area contributed by atoms with Crippen LogP contribution < -0.4 is 21.1 Å². The summed E-state index contributed by atoms with van der Waals surface area (Å²) in [6.45, 7) is 5.33. The number of nitrogens with zero attached hydrogens (tertiary/aromatic N) is 3. The molecule has 0 saturated carbocycles. The lowest BCUT2D eigenvalue weighted by Crippen LogP contribution is -2.21. The molecule has 1 amide bonds. The number of fused-ring (bicyclic) bond motifs is 2. The van der Waals surface area contributed by atoms with Crippen molar-refractivity contribution in [3.05, 3.63) is 35.9 Å². The number of rotatable bonds is 4. The van der Waals surface area contributed by atoms with Crippen LogP contribution in [0.25, 0.3) is 21.9 Å². The molecule has 1 aromatic carbocycles. The number of carbonyl (C=O) groups is 1. The van der Waals surface area contributed by atoms with E-state index in [0.29, 0.717) is 59.3 Å². The molecule has 0 spiro atoms. The second-order valence-corrected chi connectivity index (χ2v) is 8.84. The zero-order chi connectivity index (χ0) is 23.8. The molecule has 2 aliphatic heterocycles. The number of likely N-dealkylation sites (tertiary alicyclic amines) is 1. The highest BCUT2D eigenvalue weighted by atomic mass is 19.1. The molecule has 5 rings (SSSR count). The molecule has 34 heavy (non-hydrogen) atoms. The van der Waals surface area contributed by atoms with E-state index in [0.717, 1.165) is 30.8 Å². The zero-order valence-corrected chi connectivity index (χ0v) is 19.2. The van der Waals surface area contributed by atoms with Crippen LogP contribution in [0.2, 0.25) is 0 Å². The quantitative estimate of drug-likeness (QED) is 0.500. The Bertz CT molecular complexity index is 1270. The van der Waals surface area contributed by atoms with Gasteiger partial charge in [0.25, 0.3) is 0 Å². The van der Waals surface area contributed by atoms with E-state index in [1.807, 2.05) is 14.0 Å². The van der Waals surface area contributed by atoms with E-state index < -0.39 is 11.9 Å². The number of ether oxygens (including phenoxy) is 2. The Morgan fingerprint density at radius 1 is 1.35 bits per heavy atom. The van der Waals surface area contributed by atoms with Crippen molar-refractivity contribution in [3.8, 4) is 17.0 Å². The molecular formula is C24H27FN6O3. The molecule has 178 valence electrons. The fourth-order valence-corrected chi connectivity index (χ4v) is 4.55. The maximum absolute atomic E-state index is 15.3. The number of benzene rings is 1. The standard InChI is InChI=1S/C24H27FN6O3/c1-13-17(9-29-23-22(13)27-4-6-33-23)16-7-15-8-19(28-10-18(15)21(26)20(16)25)30-24(32)34-12-14-3-5-31(2)11-14/h7-10,14,27H,3-6,11-12,26H2,1-2H3,(H,28,30,32). The van der Waals surface area contributed by atoms with Gasteiger partial charge in [0.1, 0.15) is 18.1 Å². The summed E-state index contributed by atoms with van der Waals surface area (Å²) < 4.78 is 26.2. The van der Waals surface area contributed by atoms with E-state index in [4.69, 9.17) is 15.2 Å². The molecular weight excluding hydrogens is 439 g/mol. The maximum atomic E-state index is 15.3. The van der Waals surface area contributed by atoms with Gasteiger partial charge in [-0.25, -0.2) is 19.2 Å². The van der Waals surface area contributed by atoms with Gasteiger partial charge in [0.05, 0.1) is 12.3 Å². The second-order valence-electron chi connectivity index (χ2n) is 8.84. The highest BCUT2D eigenvalue weighted by Gasteiger charge is 2.22. The van der Waals surface area contributed by atoms with Crippen LogP contribution in [0.15, 0.2) is 24.5 Å². The predicted molar refractivity (Wildman–Crippen MR) is 129 cm³/mol. The molecule has 10 heteroatoms. The number of nitrogens with two attached hydrogens (primary N) is 1. The number of halogens is 1. The van der Waals surface area contributed by atoms with Gasteiger partial charge < -0.3 is 25.4 Å². The van der Waals surface area contributed by atoms with Gasteiger partial charge in [-0.3, -0.25) is 5.32 Å². The van der Waals surface area contributed by atoms with Crippen molar-refractivity contribution in [1.82, 2.24) is 14.9 Å². The van der Waals surface area contributed by atoms with Crippen LogP contribution in [-0.4, -0.2) is 60.9 Å². The zero-order valence-electron chi connectivity index (χ0n) is 19.2. The first-order valence-electron chi connectivity index (χ1n) is 11.3. The maximum Gasteiger partial charge on any atom is 0.412 e. The summed E-state index contributed by atoms with van der Waals surface area (Å²) in [6.07, 6.45) is 3.47. The third-order valence-electron chi connectivity index (χ3n) is 6.40. The molecule has 1 saturated heterocycles. The molecule has 1 atom stereocenters. The molecule has 0 radical (unpaired) electrons. The Morgan fingerprint density at radius 2 is 2.21 bits per heavy atom. The summed E-state index contributed by atoms with van der Waals surface area (Å²) in [7, 11) is 2.05. The van der Waals surface area contributed by atoms with Gasteiger partial charge in [-0.15, -0.1) is 0 Å². The first-order chi connectivity index (χ1) is 16.4. The summed E-state index contributed by atoms with van der Waals surface area (Å²) >= 11 is 0. The molecule has 2 aliphatic rings. The van der Waals surface area contributed by atoms with Crippen molar-refractivity contribution in [2.45, 2.75) is 13.3 Å². The monoisotopic (exact) mass is 466 g/mol. The average molecular weight is 467 g/mol. The molecule has 4 heterocycles. The summed E-state index contributed by atoms with van der Waals surface area (Å²) in [4.78, 5) is 23.0. The van der Waals surface area contributed by atoms with Gasteiger partial charge in [-0.1, -0.05) is 0 Å². The lowest BCUT2D eigenvalue weighted by molar-refractivity contribution is 0.142. The van der Waals surface area contributed by atoms with E-state index >= 15 is 4.39 Å². The molecule has 0 aliphatic carbocycles. The van der Waals surface area contributed by atoms with Gasteiger partial charge in [-0.05, 0) is 50.0 Å². The van der Waals surface area contributed by atoms with Crippen molar-refractivity contribution in [1.29, 1.82) is 0 Å². The topological polar surface area (TPSA) is 115 Å². The van der Waals surface area contributed by atoms with Crippen LogP contribution in [0.1, 0.15) is 12.0 Å². The van der Waals surface area contributed by atoms with Crippen LogP contribution >= 0.6 is 0 Å². The minimum atomic E-state index is -0.572. The minimum Gasteiger partial charge on any atom is -0.474 e. The highest BCUT2D eigenvalue weighted by Crippen LogP contribution is 2.39. The number of amides is 1. The van der Waals surface area contributed by atoms with Crippen LogP contribution in [0, 0.1) is 18.7 Å². The molecule has 0 bridgehead atoms. The third kappa shape index (κ3) is 4.16. The van der Waals surface area contributed by atoms with Crippen LogP contribution in [0.5, 0.6) is 5.88 Å². The number of nitrogens with one attached hydrogen (secondary N) is 2. The Labute approximate surface area is 196 Å². The first-order valence-corrected chi connectivity index (χ1v) is 11.3. The van der Waals surface area contributed by atoms with Crippen molar-refractivity contribution < 1.29 is 18.7 Å². The summed E-state index contributed by atoms with van der Waals surface area (Å²) in [5.74, 6) is 0.588. The van der Waals surface area contributed by atoms with Crippen molar-refractivity contribution in [3.63, 3.8) is 0 Å². The lowest BCUT2D eigenvalue weighted by atomic mass is 9.97. The highest BCUT2D eigenvalue weighted by molar-refractivity contribution is 5.99. The summed E-state index contributed by atoms with van der Waals surface area (Å²) in [5, 5.41) is 7.01. The number of aromatic nitrogens is 2. The van der Waals surface area contributed by atoms with Gasteiger partial charge in [0, 0.05) is 47.9 Å². The van der Waals surface area contributed by atoms with Gasteiger partial charge in [0.15, 0.2) is 5.82 Å². The number of nitrogen functional groups attached to an aromatic ring is 1. The van der Waals surface area contributed by atoms with Crippen molar-refractivity contribution in [2.75, 3.05) is 56.3 Å². The largest absolute Gasteiger partial charge is 0.474 e. The summed E-state index contributed by atoms with van der Waals surface area (Å²) in [6, 6.07) is 3.34. The van der Waals surface area contributed by atoms with E-state index in [-0.39, 0.29) is 5.69 Å². The van der Waals surface area contributed by atoms with Crippen LogP contribution in [0.3, 0.4) is 0 Å². The lowest BCUT2D eigenvalue weighted by Gasteiger charge is -2.22. The van der Waals surface area contributed by atoms with E-state index in [1.54, 1.807) is 18.3 Å². The SMILES string of the molecule is Cc1c(-c2cc3cc(NC(=O)OCC4CCN(C)C4)ncc3c(N)c2F)cnc2c1NCCO2. The molecule has 1 unspecified atom stereocenters. The number of hydrogen-bond acceptors (Lipinski definition) is 8. The van der Waals surface area contributed by atoms with Crippen molar-refractivity contribution in [2.24, 2.45) is 5.92 Å². The van der Waals surface area contributed by atoms with Crippen LogP contribution in [0.4, 0.5) is 26.4 Å². The van der Waals surface area contributed by atoms with E-state index in [2.05, 4.69) is 25.5 Å². The van der Waals surface area contributed by atoms with Crippen LogP contribution in [-0.2, 0) is 4.74 Å². The van der Waals surface area contributed by atoms with E-state index in [1.165, 1.54) is 6.20 Å². The second kappa shape index (κ2) is 8.94. The number of anilines is 3. The number of pyridine rings is 2. The third-order valence-corrected chi connectivity index (χ3v) is 6.40. The average Bonchev–Trinajstić information content (AvgIpc) is 3.26. The first kappa shape index (κ1) is 22.1.